The predicted molar refractivity (Wildman–Crippen MR) is 76.7 cm³/mol. The highest BCUT2D eigenvalue weighted by Crippen LogP contribution is 2.32. The summed E-state index contributed by atoms with van der Waals surface area (Å²) in [6.07, 6.45) is 5.77. The highest BCUT2D eigenvalue weighted by molar-refractivity contribution is 7.90. The van der Waals surface area contributed by atoms with Crippen LogP contribution >= 0.6 is 0 Å². The van der Waals surface area contributed by atoms with Gasteiger partial charge in [-0.05, 0) is 35.7 Å². The maximum absolute atomic E-state index is 12.1. The Kier molecular flexibility index (Phi) is 4.49. The average molecular weight is 310 g/mol. The van der Waals surface area contributed by atoms with E-state index in [-0.39, 0.29) is 17.3 Å². The summed E-state index contributed by atoms with van der Waals surface area (Å²) >= 11 is 0. The Bertz CT molecular complexity index is 705. The largest absolute Gasteiger partial charge is 0.363 e. The van der Waals surface area contributed by atoms with Crippen molar-refractivity contribution >= 4 is 21.5 Å². The molecule has 0 atom stereocenters. The van der Waals surface area contributed by atoms with Crippen LogP contribution in [0.3, 0.4) is 0 Å². The lowest BCUT2D eigenvalue weighted by atomic mass is 10.0. The van der Waals surface area contributed by atoms with E-state index in [1.165, 1.54) is 18.3 Å². The quantitative estimate of drug-likeness (QED) is 0.470. The molecule has 0 N–H and O–H groups in total. The van der Waals surface area contributed by atoms with Crippen LogP contribution in [-0.2, 0) is 14.3 Å². The molecule has 1 aromatic rings. The zero-order valence-electron chi connectivity index (χ0n) is 11.4. The fourth-order valence-corrected chi connectivity index (χ4v) is 3.32. The van der Waals surface area contributed by atoms with E-state index in [2.05, 4.69) is 4.98 Å². The first-order valence-corrected chi connectivity index (χ1v) is 7.76. The first kappa shape index (κ1) is 15.3. The van der Waals surface area contributed by atoms with Gasteiger partial charge in [0.1, 0.15) is 6.20 Å². The number of aromatic nitrogens is 1. The molecular formula is C13H14N2O5S. The molecule has 1 aliphatic carbocycles. The highest BCUT2D eigenvalue weighted by atomic mass is 32.2. The van der Waals surface area contributed by atoms with Crippen molar-refractivity contribution in [2.75, 3.05) is 6.61 Å². The fraction of sp³-hybridized carbons (Fsp3) is 0.308. The monoisotopic (exact) mass is 310 g/mol. The molecule has 21 heavy (non-hydrogen) atoms. The minimum atomic E-state index is -3.79. The third-order valence-corrected chi connectivity index (χ3v) is 4.52. The van der Waals surface area contributed by atoms with E-state index in [1.54, 1.807) is 13.0 Å². The van der Waals surface area contributed by atoms with Crippen molar-refractivity contribution in [2.24, 2.45) is 0 Å². The maximum Gasteiger partial charge on any atom is 0.363 e. The Morgan fingerprint density at radius 1 is 1.43 bits per heavy atom. The first-order chi connectivity index (χ1) is 9.95. The van der Waals surface area contributed by atoms with Gasteiger partial charge < -0.3 is 10.1 Å². The third kappa shape index (κ3) is 3.34. The Morgan fingerprint density at radius 2 is 2.19 bits per heavy atom. The number of hydrogen-bond donors (Lipinski definition) is 0. The van der Waals surface area contributed by atoms with Crippen LogP contribution in [0.4, 0.5) is 5.82 Å². The Labute approximate surface area is 122 Å². The van der Waals surface area contributed by atoms with E-state index in [9.17, 15) is 18.5 Å². The minimum absolute atomic E-state index is 0.0569. The average Bonchev–Trinajstić information content (AvgIpc) is 2.47. The number of hydrogen-bond acceptors (Lipinski definition) is 6. The molecule has 8 heteroatoms. The third-order valence-electron chi connectivity index (χ3n) is 2.94. The number of nitro groups is 1. The van der Waals surface area contributed by atoms with Crippen molar-refractivity contribution in [2.45, 2.75) is 19.8 Å². The Hall–Kier alpha value is -2.06. The van der Waals surface area contributed by atoms with Gasteiger partial charge in [0.2, 0.25) is 0 Å². The molecule has 1 aromatic heterocycles. The van der Waals surface area contributed by atoms with Crippen molar-refractivity contribution in [1.29, 1.82) is 0 Å². The Morgan fingerprint density at radius 3 is 2.76 bits per heavy atom. The zero-order chi connectivity index (χ0) is 15.5. The second-order valence-electron chi connectivity index (χ2n) is 4.30. The van der Waals surface area contributed by atoms with Gasteiger partial charge in [0.25, 0.3) is 10.1 Å². The van der Waals surface area contributed by atoms with E-state index >= 15 is 0 Å². The van der Waals surface area contributed by atoms with Crippen molar-refractivity contribution in [3.05, 3.63) is 51.1 Å². The number of allylic oxidation sites excluding steroid dienone is 4. The summed E-state index contributed by atoms with van der Waals surface area (Å²) in [6, 6.07) is 2.73. The van der Waals surface area contributed by atoms with Crippen LogP contribution in [0.2, 0.25) is 0 Å². The lowest BCUT2D eigenvalue weighted by molar-refractivity contribution is -0.389. The molecule has 2 rings (SSSR count). The van der Waals surface area contributed by atoms with Crippen LogP contribution in [0.15, 0.2) is 35.4 Å². The van der Waals surface area contributed by atoms with Gasteiger partial charge in [-0.15, -0.1) is 0 Å². The standard InChI is InChI=1S/C13H14N2O5S/c1-2-20-21(18,19)12-6-4-3-5-11(12)10-7-8-13(14-9-10)15(16)17/h3,5,7-9H,2,4,6H2,1H3. The van der Waals surface area contributed by atoms with E-state index < -0.39 is 15.0 Å². The van der Waals surface area contributed by atoms with Crippen molar-refractivity contribution < 1.29 is 17.5 Å². The molecule has 0 saturated carbocycles. The second-order valence-corrected chi connectivity index (χ2v) is 5.94. The van der Waals surface area contributed by atoms with Gasteiger partial charge in [-0.2, -0.15) is 8.42 Å². The van der Waals surface area contributed by atoms with Crippen LogP contribution in [0.5, 0.6) is 0 Å². The number of pyridine rings is 1. The summed E-state index contributed by atoms with van der Waals surface area (Å²) in [6.45, 7) is 1.66. The molecule has 0 unspecified atom stereocenters. The van der Waals surface area contributed by atoms with Crippen molar-refractivity contribution in [1.82, 2.24) is 4.98 Å². The molecule has 0 saturated heterocycles. The van der Waals surface area contributed by atoms with Crippen LogP contribution in [0.1, 0.15) is 25.3 Å². The van der Waals surface area contributed by atoms with Gasteiger partial charge in [-0.3, -0.25) is 4.18 Å². The van der Waals surface area contributed by atoms with E-state index in [0.29, 0.717) is 24.0 Å². The zero-order valence-corrected chi connectivity index (χ0v) is 12.2. The molecule has 1 aliphatic rings. The lowest BCUT2D eigenvalue weighted by Gasteiger charge is -2.15. The predicted octanol–water partition coefficient (Wildman–Crippen LogP) is 2.42. The second kappa shape index (κ2) is 6.15. The summed E-state index contributed by atoms with van der Waals surface area (Å²) in [7, 11) is -3.79. The maximum atomic E-state index is 12.1. The Balaban J connectivity index is 2.49. The smallest absolute Gasteiger partial charge is 0.358 e. The van der Waals surface area contributed by atoms with E-state index in [1.807, 2.05) is 6.08 Å². The van der Waals surface area contributed by atoms with Gasteiger partial charge in [-0.25, -0.2) is 0 Å². The molecule has 112 valence electrons. The topological polar surface area (TPSA) is 99.4 Å². The van der Waals surface area contributed by atoms with Crippen molar-refractivity contribution in [3.8, 4) is 0 Å². The van der Waals surface area contributed by atoms with Crippen LogP contribution in [-0.4, -0.2) is 24.9 Å². The van der Waals surface area contributed by atoms with E-state index in [0.717, 1.165) is 0 Å². The van der Waals surface area contributed by atoms with Crippen LogP contribution in [0.25, 0.3) is 5.57 Å². The molecule has 0 amide bonds. The highest BCUT2D eigenvalue weighted by Gasteiger charge is 2.24. The SMILES string of the molecule is CCOS(=O)(=O)C1=C(c2ccc([N+](=O)[O-])nc2)C=CCC1. The summed E-state index contributed by atoms with van der Waals surface area (Å²) in [4.78, 5) is 13.9. The molecule has 0 fully saturated rings. The molecule has 0 radical (unpaired) electrons. The summed E-state index contributed by atoms with van der Waals surface area (Å²) in [5.74, 6) is -0.284. The van der Waals surface area contributed by atoms with E-state index in [4.69, 9.17) is 4.18 Å². The molecular weight excluding hydrogens is 296 g/mol. The van der Waals surface area contributed by atoms with Gasteiger partial charge in [-0.1, -0.05) is 12.2 Å². The molecule has 7 nitrogen and oxygen atoms in total. The van der Waals surface area contributed by atoms with Gasteiger partial charge in [0, 0.05) is 17.2 Å². The molecule has 0 aliphatic heterocycles. The molecule has 0 aromatic carbocycles. The molecule has 1 heterocycles. The number of nitrogens with zero attached hydrogens (tertiary/aromatic N) is 2. The van der Waals surface area contributed by atoms with Crippen LogP contribution < -0.4 is 0 Å². The van der Waals surface area contributed by atoms with Gasteiger partial charge >= 0.3 is 5.82 Å². The summed E-state index contributed by atoms with van der Waals surface area (Å²) in [5.41, 5.74) is 0.979. The van der Waals surface area contributed by atoms with Gasteiger partial charge in [0.05, 0.1) is 11.5 Å². The number of rotatable bonds is 5. The fourth-order valence-electron chi connectivity index (χ4n) is 2.04. The van der Waals surface area contributed by atoms with Crippen LogP contribution in [0, 0.1) is 10.1 Å². The summed E-state index contributed by atoms with van der Waals surface area (Å²) < 4.78 is 29.0. The minimum Gasteiger partial charge on any atom is -0.358 e. The molecule has 0 bridgehead atoms. The van der Waals surface area contributed by atoms with Crippen molar-refractivity contribution in [3.63, 3.8) is 0 Å². The summed E-state index contributed by atoms with van der Waals surface area (Å²) in [5, 5.41) is 10.6. The first-order valence-electron chi connectivity index (χ1n) is 6.35. The lowest BCUT2D eigenvalue weighted by Crippen LogP contribution is -2.12. The normalized spacial score (nSPS) is 15.3. The van der Waals surface area contributed by atoms with Gasteiger partial charge in [0.15, 0.2) is 0 Å². The molecule has 0 spiro atoms.